The Morgan fingerprint density at radius 1 is 1.41 bits per heavy atom. The summed E-state index contributed by atoms with van der Waals surface area (Å²) >= 11 is 0. The number of alkyl halides is 3. The number of carbonyl (C=O) groups excluding carboxylic acids is 1. The molecule has 5 nitrogen and oxygen atoms in total. The minimum atomic E-state index is -4.49. The minimum absolute atomic E-state index is 0.288. The molecule has 0 bridgehead atoms. The number of aliphatic hydroxyl groups is 1. The first kappa shape index (κ1) is 19.9. The first-order valence-electron chi connectivity index (χ1n) is 9.17. The Bertz CT molecular complexity index is 717. The predicted molar refractivity (Wildman–Crippen MR) is 96.6 cm³/mol. The van der Waals surface area contributed by atoms with Crippen molar-refractivity contribution in [2.45, 2.75) is 50.6 Å². The van der Waals surface area contributed by atoms with Crippen molar-refractivity contribution in [1.29, 1.82) is 0 Å². The van der Waals surface area contributed by atoms with Crippen molar-refractivity contribution >= 4 is 11.6 Å². The molecule has 2 aliphatic heterocycles. The maximum Gasteiger partial charge on any atom is 0.408 e. The summed E-state index contributed by atoms with van der Waals surface area (Å²) in [4.78, 5) is 14.8. The number of carbonyl (C=O) groups is 1. The molecule has 1 amide bonds. The van der Waals surface area contributed by atoms with Crippen LogP contribution in [0.5, 0.6) is 0 Å². The van der Waals surface area contributed by atoms with Crippen LogP contribution in [-0.4, -0.2) is 61.0 Å². The molecule has 1 aromatic rings. The molecule has 150 valence electrons. The summed E-state index contributed by atoms with van der Waals surface area (Å²) < 4.78 is 38.9. The maximum absolute atomic E-state index is 13.0. The monoisotopic (exact) mass is 385 g/mol. The van der Waals surface area contributed by atoms with Gasteiger partial charge in [0, 0.05) is 18.2 Å². The van der Waals surface area contributed by atoms with Gasteiger partial charge in [-0.25, -0.2) is 0 Å². The second kappa shape index (κ2) is 6.98. The number of hydrogen-bond donors (Lipinski definition) is 2. The molecule has 3 rings (SSSR count). The van der Waals surface area contributed by atoms with Crippen LogP contribution >= 0.6 is 0 Å². The van der Waals surface area contributed by atoms with Gasteiger partial charge in [-0.15, -0.1) is 0 Å². The molecule has 0 radical (unpaired) electrons. The van der Waals surface area contributed by atoms with Crippen molar-refractivity contribution in [3.63, 3.8) is 0 Å². The summed E-state index contributed by atoms with van der Waals surface area (Å²) in [7, 11) is 1.15. The van der Waals surface area contributed by atoms with E-state index >= 15 is 0 Å². The molecule has 0 aliphatic carbocycles. The lowest BCUT2D eigenvalue weighted by atomic mass is 9.72. The highest BCUT2D eigenvalue weighted by Crippen LogP contribution is 2.50. The van der Waals surface area contributed by atoms with E-state index in [2.05, 4.69) is 5.32 Å². The second-order valence-corrected chi connectivity index (χ2v) is 7.60. The smallest absolute Gasteiger partial charge is 0.373 e. The third-order valence-electron chi connectivity index (χ3n) is 6.10. The van der Waals surface area contributed by atoms with Crippen LogP contribution in [0.4, 0.5) is 18.9 Å². The van der Waals surface area contributed by atoms with E-state index in [-0.39, 0.29) is 6.54 Å². The molecule has 1 saturated heterocycles. The summed E-state index contributed by atoms with van der Waals surface area (Å²) in [5.41, 5.74) is 2.28. The molecule has 2 heterocycles. The lowest BCUT2D eigenvalue weighted by Gasteiger charge is -2.40. The number of likely N-dealkylation sites (N-methyl/N-ethyl adjacent to an activating group) is 1. The van der Waals surface area contributed by atoms with Crippen molar-refractivity contribution in [2.24, 2.45) is 0 Å². The quantitative estimate of drug-likeness (QED) is 0.837. The van der Waals surface area contributed by atoms with Crippen LogP contribution < -0.4 is 10.2 Å². The van der Waals surface area contributed by atoms with Crippen molar-refractivity contribution in [3.05, 3.63) is 29.3 Å². The molecule has 2 N–H and O–H groups in total. The van der Waals surface area contributed by atoms with E-state index in [9.17, 15) is 23.1 Å². The number of nitrogens with one attached hydrogen (secondary N) is 1. The molecule has 1 aromatic carbocycles. The maximum atomic E-state index is 13.0. The van der Waals surface area contributed by atoms with E-state index in [4.69, 9.17) is 0 Å². The molecule has 2 aliphatic rings. The molecular weight excluding hydrogens is 359 g/mol. The summed E-state index contributed by atoms with van der Waals surface area (Å²) in [5.74, 6) is -0.669. The number of nitrogens with zero attached hydrogens (tertiary/aromatic N) is 2. The van der Waals surface area contributed by atoms with Crippen LogP contribution in [0.2, 0.25) is 0 Å². The van der Waals surface area contributed by atoms with E-state index < -0.39 is 29.8 Å². The largest absolute Gasteiger partial charge is 0.408 e. The van der Waals surface area contributed by atoms with Crippen molar-refractivity contribution in [3.8, 4) is 0 Å². The molecule has 1 spiro atoms. The number of benzene rings is 1. The lowest BCUT2D eigenvalue weighted by Crippen LogP contribution is -2.54. The molecule has 8 heteroatoms. The number of hydrogen-bond acceptors (Lipinski definition) is 4. The Morgan fingerprint density at radius 2 is 2.04 bits per heavy atom. The van der Waals surface area contributed by atoms with Crippen LogP contribution in [-0.2, 0) is 10.2 Å². The molecular formula is C19H26F3N3O2. The van der Waals surface area contributed by atoms with Crippen LogP contribution in [0.15, 0.2) is 18.2 Å². The van der Waals surface area contributed by atoms with Crippen molar-refractivity contribution < 1.29 is 23.1 Å². The molecule has 1 unspecified atom stereocenters. The number of amides is 1. The van der Waals surface area contributed by atoms with Crippen molar-refractivity contribution in [1.82, 2.24) is 10.2 Å². The van der Waals surface area contributed by atoms with E-state index in [1.807, 2.05) is 25.1 Å². The van der Waals surface area contributed by atoms with Crippen LogP contribution in [0.1, 0.15) is 30.9 Å². The summed E-state index contributed by atoms with van der Waals surface area (Å²) in [5, 5.41) is 14.4. The fourth-order valence-corrected chi connectivity index (χ4v) is 4.34. The number of rotatable bonds is 3. The molecule has 1 fully saturated rings. The van der Waals surface area contributed by atoms with Gasteiger partial charge in [0.15, 0.2) is 0 Å². The normalized spacial score (nSPS) is 22.6. The second-order valence-electron chi connectivity index (χ2n) is 7.60. The van der Waals surface area contributed by atoms with Crippen LogP contribution in [0.25, 0.3) is 0 Å². The molecule has 2 atom stereocenters. The Kier molecular flexibility index (Phi) is 5.16. The Morgan fingerprint density at radius 3 is 2.63 bits per heavy atom. The minimum Gasteiger partial charge on any atom is -0.373 e. The van der Waals surface area contributed by atoms with Gasteiger partial charge in [0.25, 0.3) is 0 Å². The summed E-state index contributed by atoms with van der Waals surface area (Å²) in [6.45, 7) is 4.14. The van der Waals surface area contributed by atoms with Gasteiger partial charge in [0.05, 0.1) is 6.54 Å². The Hall–Kier alpha value is -1.80. The van der Waals surface area contributed by atoms with Gasteiger partial charge in [0.2, 0.25) is 5.91 Å². The predicted octanol–water partition coefficient (Wildman–Crippen LogP) is 2.16. The van der Waals surface area contributed by atoms with E-state index in [1.54, 1.807) is 4.90 Å². The highest BCUT2D eigenvalue weighted by Gasteiger charge is 2.52. The summed E-state index contributed by atoms with van der Waals surface area (Å²) in [6, 6.07) is 3.77. The highest BCUT2D eigenvalue weighted by atomic mass is 19.4. The van der Waals surface area contributed by atoms with Gasteiger partial charge in [-0.3, -0.25) is 4.79 Å². The van der Waals surface area contributed by atoms with Gasteiger partial charge < -0.3 is 20.2 Å². The van der Waals surface area contributed by atoms with Crippen LogP contribution in [0, 0.1) is 6.92 Å². The van der Waals surface area contributed by atoms with Gasteiger partial charge in [-0.2, -0.15) is 13.2 Å². The third kappa shape index (κ3) is 3.29. The topological polar surface area (TPSA) is 55.8 Å². The average molecular weight is 385 g/mol. The number of piperidine rings is 1. The van der Waals surface area contributed by atoms with E-state index in [1.165, 1.54) is 0 Å². The first-order chi connectivity index (χ1) is 12.6. The summed E-state index contributed by atoms with van der Waals surface area (Å²) in [6.07, 6.45) is -4.00. The number of halogens is 3. The Labute approximate surface area is 157 Å². The zero-order chi connectivity index (χ0) is 20.0. The van der Waals surface area contributed by atoms with Crippen LogP contribution in [0.3, 0.4) is 0 Å². The molecule has 27 heavy (non-hydrogen) atoms. The van der Waals surface area contributed by atoms with Gasteiger partial charge in [0.1, 0.15) is 12.3 Å². The Balaban J connectivity index is 1.91. The fraction of sp³-hybridized carbons (Fsp3) is 0.632. The van der Waals surface area contributed by atoms with E-state index in [0.717, 1.165) is 43.9 Å². The SMILES string of the molecule is Cc1cccc2c1C1(CCNCC1)C(O)N2CC(=O)N(C)[C@@H](C)C(F)(F)F. The number of aliphatic hydroxyl groups excluding tert-OH is 1. The zero-order valence-electron chi connectivity index (χ0n) is 15.8. The fourth-order valence-electron chi connectivity index (χ4n) is 4.34. The van der Waals surface area contributed by atoms with Gasteiger partial charge in [-0.05, 0) is 57.0 Å². The highest BCUT2D eigenvalue weighted by molar-refractivity contribution is 5.83. The third-order valence-corrected chi connectivity index (χ3v) is 6.10. The molecule has 0 aromatic heterocycles. The average Bonchev–Trinajstić information content (AvgIpc) is 2.84. The number of anilines is 1. The number of aryl methyl sites for hydroxylation is 1. The molecule has 0 saturated carbocycles. The zero-order valence-corrected chi connectivity index (χ0v) is 15.8. The van der Waals surface area contributed by atoms with Crippen molar-refractivity contribution in [2.75, 3.05) is 31.6 Å². The number of fused-ring (bicyclic) bond motifs is 2. The van der Waals surface area contributed by atoms with E-state index in [0.29, 0.717) is 17.7 Å². The van der Waals surface area contributed by atoms with Gasteiger partial charge >= 0.3 is 6.18 Å². The standard InChI is InChI=1S/C19H26F3N3O2/c1-12-5-4-6-14-16(12)18(7-9-23-10-8-18)17(27)25(14)11-15(26)24(3)13(2)19(20,21)22/h4-6,13,17,23,27H,7-11H2,1-3H3/t13-,17?/m0/s1. The first-order valence-corrected chi connectivity index (χ1v) is 9.17. The lowest BCUT2D eigenvalue weighted by molar-refractivity contribution is -0.181. The van der Waals surface area contributed by atoms with Gasteiger partial charge in [-0.1, -0.05) is 12.1 Å².